The molecule has 0 aliphatic heterocycles. The molecule has 0 spiro atoms. The van der Waals surface area contributed by atoms with Crippen LogP contribution in [0.15, 0.2) is 17.0 Å². The lowest BCUT2D eigenvalue weighted by molar-refractivity contribution is -0.0524. The lowest BCUT2D eigenvalue weighted by Gasteiger charge is -2.07. The fraction of sp³-hybridized carbons (Fsp3) is 0.143. The van der Waals surface area contributed by atoms with Crippen LogP contribution in [-0.2, 0) is 10.0 Å². The number of primary sulfonamides is 1. The van der Waals surface area contributed by atoms with Crippen molar-refractivity contribution in [2.45, 2.75) is 11.5 Å². The predicted octanol–water partition coefficient (Wildman–Crippen LogP) is 1.21. The van der Waals surface area contributed by atoms with E-state index in [1.54, 1.807) is 0 Å². The Balaban J connectivity index is 3.28. The zero-order valence-corrected chi connectivity index (χ0v) is 8.27. The van der Waals surface area contributed by atoms with Crippen molar-refractivity contribution in [3.05, 3.63) is 23.8 Å². The van der Waals surface area contributed by atoms with Crippen LogP contribution >= 0.6 is 0 Å². The molecular weight excluding hydrogens is 254 g/mol. The summed E-state index contributed by atoms with van der Waals surface area (Å²) in [4.78, 5) is -1.13. The zero-order chi connectivity index (χ0) is 12.5. The van der Waals surface area contributed by atoms with Gasteiger partial charge in [0.1, 0.15) is 10.7 Å². The minimum Gasteiger partial charge on any atom is -0.432 e. The minimum atomic E-state index is -4.46. The predicted molar refractivity (Wildman–Crippen MR) is 44.4 cm³/mol. The third-order valence-corrected chi connectivity index (χ3v) is 2.43. The highest BCUT2D eigenvalue weighted by Gasteiger charge is 2.20. The van der Waals surface area contributed by atoms with Crippen molar-refractivity contribution in [1.82, 2.24) is 0 Å². The Hall–Kier alpha value is -1.35. The molecule has 0 fully saturated rings. The third-order valence-electron chi connectivity index (χ3n) is 1.51. The number of sulfonamides is 1. The van der Waals surface area contributed by atoms with Crippen molar-refractivity contribution in [2.24, 2.45) is 5.14 Å². The summed E-state index contributed by atoms with van der Waals surface area (Å²) < 4.78 is 74.5. The van der Waals surface area contributed by atoms with Gasteiger partial charge in [0.15, 0.2) is 11.6 Å². The van der Waals surface area contributed by atoms with Crippen LogP contribution in [0.3, 0.4) is 0 Å². The van der Waals surface area contributed by atoms with E-state index in [2.05, 4.69) is 9.88 Å². The average molecular weight is 259 g/mol. The molecule has 9 heteroatoms. The summed E-state index contributed by atoms with van der Waals surface area (Å²) in [5.74, 6) is -4.02. The van der Waals surface area contributed by atoms with Gasteiger partial charge in [-0.15, -0.1) is 0 Å². The van der Waals surface area contributed by atoms with Crippen molar-refractivity contribution in [1.29, 1.82) is 0 Å². The van der Waals surface area contributed by atoms with Crippen molar-refractivity contribution in [3.63, 3.8) is 0 Å². The Labute approximate surface area is 87.7 Å². The number of halogens is 4. The van der Waals surface area contributed by atoms with Gasteiger partial charge in [-0.1, -0.05) is 0 Å². The molecule has 4 nitrogen and oxygen atoms in total. The zero-order valence-electron chi connectivity index (χ0n) is 7.45. The number of hydrogen-bond acceptors (Lipinski definition) is 3. The SMILES string of the molecule is NS(=O)(=O)c1cc(F)c(OC(F)F)cc1F. The lowest BCUT2D eigenvalue weighted by atomic mass is 10.3. The van der Waals surface area contributed by atoms with Gasteiger partial charge >= 0.3 is 6.61 Å². The van der Waals surface area contributed by atoms with E-state index in [4.69, 9.17) is 0 Å². The van der Waals surface area contributed by atoms with E-state index in [0.717, 1.165) is 0 Å². The second-order valence-corrected chi connectivity index (χ2v) is 4.17. The number of hydrogen-bond donors (Lipinski definition) is 1. The molecule has 16 heavy (non-hydrogen) atoms. The van der Waals surface area contributed by atoms with Crippen LogP contribution in [0.25, 0.3) is 0 Å². The maximum atomic E-state index is 13.0. The normalized spacial score (nSPS) is 11.9. The number of alkyl halides is 2. The van der Waals surface area contributed by atoms with Gasteiger partial charge in [-0.25, -0.2) is 22.3 Å². The minimum absolute atomic E-state index is 0.169. The van der Waals surface area contributed by atoms with Crippen LogP contribution in [0.4, 0.5) is 17.6 Å². The summed E-state index contributed by atoms with van der Waals surface area (Å²) in [5.41, 5.74) is 0. The molecular formula is C7H5F4NO3S. The van der Waals surface area contributed by atoms with Gasteiger partial charge in [-0.2, -0.15) is 8.78 Å². The van der Waals surface area contributed by atoms with Crippen LogP contribution in [0.1, 0.15) is 0 Å². The highest BCUT2D eigenvalue weighted by Crippen LogP contribution is 2.25. The Morgan fingerprint density at radius 3 is 2.19 bits per heavy atom. The number of benzene rings is 1. The highest BCUT2D eigenvalue weighted by molar-refractivity contribution is 7.89. The molecule has 1 rings (SSSR count). The van der Waals surface area contributed by atoms with E-state index in [0.29, 0.717) is 0 Å². The van der Waals surface area contributed by atoms with Crippen LogP contribution in [-0.4, -0.2) is 15.0 Å². The first-order valence-corrected chi connectivity index (χ1v) is 5.23. The van der Waals surface area contributed by atoms with E-state index in [9.17, 15) is 26.0 Å². The molecule has 0 saturated heterocycles. The second-order valence-electron chi connectivity index (χ2n) is 2.64. The van der Waals surface area contributed by atoms with Crippen molar-refractivity contribution in [2.75, 3.05) is 0 Å². The molecule has 1 aromatic carbocycles. The topological polar surface area (TPSA) is 69.4 Å². The van der Waals surface area contributed by atoms with Gasteiger partial charge in [0.05, 0.1) is 0 Å². The second kappa shape index (κ2) is 4.26. The van der Waals surface area contributed by atoms with Crippen molar-refractivity contribution >= 4 is 10.0 Å². The van der Waals surface area contributed by atoms with Gasteiger partial charge < -0.3 is 4.74 Å². The van der Waals surface area contributed by atoms with Crippen LogP contribution in [0.2, 0.25) is 0 Å². The van der Waals surface area contributed by atoms with E-state index in [-0.39, 0.29) is 12.1 Å². The van der Waals surface area contributed by atoms with E-state index < -0.39 is 38.9 Å². The molecule has 0 aliphatic carbocycles. The molecule has 90 valence electrons. The van der Waals surface area contributed by atoms with Gasteiger partial charge in [-0.3, -0.25) is 0 Å². The fourth-order valence-corrected chi connectivity index (χ4v) is 1.51. The summed E-state index contributed by atoms with van der Waals surface area (Å²) in [6, 6.07) is 0.351. The first kappa shape index (κ1) is 12.7. The molecule has 0 heterocycles. The fourth-order valence-electron chi connectivity index (χ4n) is 0.915. The quantitative estimate of drug-likeness (QED) is 0.829. The monoisotopic (exact) mass is 259 g/mol. The summed E-state index contributed by atoms with van der Waals surface area (Å²) in [7, 11) is -4.46. The van der Waals surface area contributed by atoms with Crippen molar-refractivity contribution < 1.29 is 30.7 Å². The summed E-state index contributed by atoms with van der Waals surface area (Å²) >= 11 is 0. The van der Waals surface area contributed by atoms with Gasteiger partial charge in [-0.05, 0) is 0 Å². The Morgan fingerprint density at radius 2 is 1.75 bits per heavy atom. The molecule has 0 bridgehead atoms. The third kappa shape index (κ3) is 2.83. The first-order valence-electron chi connectivity index (χ1n) is 3.68. The molecule has 0 amide bonds. The Morgan fingerprint density at radius 1 is 1.19 bits per heavy atom. The highest BCUT2D eigenvalue weighted by atomic mass is 32.2. The van der Waals surface area contributed by atoms with Crippen LogP contribution in [0.5, 0.6) is 5.75 Å². The number of ether oxygens (including phenoxy) is 1. The van der Waals surface area contributed by atoms with Crippen molar-refractivity contribution in [3.8, 4) is 5.75 Å². The van der Waals surface area contributed by atoms with Crippen LogP contribution in [0, 0.1) is 11.6 Å². The van der Waals surface area contributed by atoms with Gasteiger partial charge in [0.25, 0.3) is 0 Å². The summed E-state index contributed by atoms with van der Waals surface area (Å²) in [6.07, 6.45) is 0. The maximum Gasteiger partial charge on any atom is 0.387 e. The van der Waals surface area contributed by atoms with Gasteiger partial charge in [0, 0.05) is 12.1 Å². The molecule has 0 unspecified atom stereocenters. The lowest BCUT2D eigenvalue weighted by Crippen LogP contribution is -2.15. The molecule has 0 saturated carbocycles. The number of nitrogens with two attached hydrogens (primary N) is 1. The smallest absolute Gasteiger partial charge is 0.387 e. The molecule has 0 radical (unpaired) electrons. The largest absolute Gasteiger partial charge is 0.432 e. The maximum absolute atomic E-state index is 13.0. The Bertz CT molecular complexity index is 503. The average Bonchev–Trinajstić information content (AvgIpc) is 2.07. The van der Waals surface area contributed by atoms with Crippen LogP contribution < -0.4 is 9.88 Å². The molecule has 2 N–H and O–H groups in total. The molecule has 0 atom stereocenters. The standard InChI is InChI=1S/C7H5F4NO3S/c8-3-2-6(16(12,13)14)4(9)1-5(3)15-7(10)11/h1-2,7H,(H2,12,13,14). The Kier molecular flexibility index (Phi) is 3.38. The molecule has 0 aromatic heterocycles. The molecule has 1 aromatic rings. The van der Waals surface area contributed by atoms with E-state index in [1.165, 1.54) is 0 Å². The first-order chi connectivity index (χ1) is 7.21. The van der Waals surface area contributed by atoms with E-state index >= 15 is 0 Å². The summed E-state index contributed by atoms with van der Waals surface area (Å²) in [6.45, 7) is -3.35. The van der Waals surface area contributed by atoms with E-state index in [1.807, 2.05) is 0 Å². The van der Waals surface area contributed by atoms with Gasteiger partial charge in [0.2, 0.25) is 10.0 Å². The molecule has 0 aliphatic rings. The number of rotatable bonds is 3. The summed E-state index contributed by atoms with van der Waals surface area (Å²) in [5, 5.41) is 4.55.